The Kier molecular flexibility index (Phi) is 5.58. The Hall–Kier alpha value is -2.30. The molecule has 1 aromatic carbocycles. The van der Waals surface area contributed by atoms with Crippen LogP contribution in [0.2, 0.25) is 0 Å². The minimum absolute atomic E-state index is 0.0487. The summed E-state index contributed by atoms with van der Waals surface area (Å²) in [4.78, 5) is 23.1. The molecule has 1 heterocycles. The van der Waals surface area contributed by atoms with Crippen LogP contribution in [0.3, 0.4) is 0 Å². The van der Waals surface area contributed by atoms with Gasteiger partial charge in [-0.25, -0.2) is 4.79 Å². The highest BCUT2D eigenvalue weighted by atomic mass is 16.5. The van der Waals surface area contributed by atoms with Gasteiger partial charge >= 0.3 is 5.63 Å². The van der Waals surface area contributed by atoms with Gasteiger partial charge in [-0.3, -0.25) is 4.79 Å². The van der Waals surface area contributed by atoms with Gasteiger partial charge in [0.2, 0.25) is 0 Å². The lowest BCUT2D eigenvalue weighted by Crippen LogP contribution is -2.29. The third-order valence-electron chi connectivity index (χ3n) is 3.40. The zero-order valence-electron chi connectivity index (χ0n) is 13.0. The molecule has 1 amide bonds. The summed E-state index contributed by atoms with van der Waals surface area (Å²) in [6.45, 7) is 4.66. The molecule has 1 N–H and O–H groups in total. The average molecular weight is 303 g/mol. The molecule has 0 bridgehead atoms. The molecule has 5 nitrogen and oxygen atoms in total. The molecule has 22 heavy (non-hydrogen) atoms. The third-order valence-corrected chi connectivity index (χ3v) is 3.40. The Morgan fingerprint density at radius 1 is 1.27 bits per heavy atom. The minimum Gasteiger partial charge on any atom is -0.484 e. The lowest BCUT2D eigenvalue weighted by molar-refractivity contribution is -0.123. The van der Waals surface area contributed by atoms with Crippen molar-refractivity contribution in [3.63, 3.8) is 0 Å². The van der Waals surface area contributed by atoms with Crippen LogP contribution in [0, 0.1) is 0 Å². The van der Waals surface area contributed by atoms with Crippen LogP contribution in [0.5, 0.6) is 5.75 Å². The van der Waals surface area contributed by atoms with Crippen LogP contribution >= 0.6 is 0 Å². The van der Waals surface area contributed by atoms with Gasteiger partial charge in [-0.1, -0.05) is 20.3 Å². The molecule has 0 radical (unpaired) electrons. The van der Waals surface area contributed by atoms with E-state index in [1.165, 1.54) is 6.07 Å². The fraction of sp³-hybridized carbons (Fsp3) is 0.412. The van der Waals surface area contributed by atoms with E-state index in [2.05, 4.69) is 12.2 Å². The molecule has 0 spiro atoms. The van der Waals surface area contributed by atoms with Crippen molar-refractivity contribution in [1.29, 1.82) is 0 Å². The molecule has 0 aliphatic rings. The molecule has 0 atom stereocenters. The second-order valence-corrected chi connectivity index (χ2v) is 5.09. The van der Waals surface area contributed by atoms with Gasteiger partial charge in [0, 0.05) is 24.1 Å². The number of aryl methyl sites for hydroxylation is 1. The summed E-state index contributed by atoms with van der Waals surface area (Å²) in [5.41, 5.74) is 1.04. The smallest absolute Gasteiger partial charge is 0.336 e. The van der Waals surface area contributed by atoms with Crippen LogP contribution in [0.1, 0.15) is 32.3 Å². The first-order valence-corrected chi connectivity index (χ1v) is 7.60. The summed E-state index contributed by atoms with van der Waals surface area (Å²) >= 11 is 0. The topological polar surface area (TPSA) is 68.5 Å². The van der Waals surface area contributed by atoms with E-state index in [0.29, 0.717) is 17.9 Å². The van der Waals surface area contributed by atoms with E-state index in [4.69, 9.17) is 9.15 Å². The van der Waals surface area contributed by atoms with Crippen molar-refractivity contribution in [1.82, 2.24) is 5.32 Å². The second kappa shape index (κ2) is 7.64. The van der Waals surface area contributed by atoms with Crippen molar-refractivity contribution in [2.24, 2.45) is 0 Å². The van der Waals surface area contributed by atoms with E-state index in [1.807, 2.05) is 13.0 Å². The van der Waals surface area contributed by atoms with Gasteiger partial charge in [-0.15, -0.1) is 0 Å². The molecule has 0 saturated carbocycles. The molecule has 0 fully saturated rings. The highest BCUT2D eigenvalue weighted by Crippen LogP contribution is 2.22. The fourth-order valence-corrected chi connectivity index (χ4v) is 2.20. The van der Waals surface area contributed by atoms with Crippen molar-refractivity contribution in [3.05, 3.63) is 40.2 Å². The molecule has 2 aromatic rings. The first-order valence-electron chi connectivity index (χ1n) is 7.60. The van der Waals surface area contributed by atoms with E-state index in [-0.39, 0.29) is 18.1 Å². The molecule has 5 heteroatoms. The van der Waals surface area contributed by atoms with E-state index >= 15 is 0 Å². The molecular formula is C17H21NO4. The summed E-state index contributed by atoms with van der Waals surface area (Å²) in [5.74, 6) is 0.354. The Balaban J connectivity index is 2.07. The minimum atomic E-state index is -0.376. The van der Waals surface area contributed by atoms with Crippen LogP contribution in [-0.4, -0.2) is 19.1 Å². The lowest BCUT2D eigenvalue weighted by atomic mass is 10.1. The quantitative estimate of drug-likeness (QED) is 0.630. The molecule has 2 rings (SSSR count). The summed E-state index contributed by atoms with van der Waals surface area (Å²) < 4.78 is 10.6. The predicted octanol–water partition coefficient (Wildman–Crippen LogP) is 2.65. The van der Waals surface area contributed by atoms with Gasteiger partial charge in [-0.2, -0.15) is 0 Å². The van der Waals surface area contributed by atoms with Crippen LogP contribution in [0.25, 0.3) is 11.0 Å². The predicted molar refractivity (Wildman–Crippen MR) is 85.3 cm³/mol. The number of benzene rings is 1. The van der Waals surface area contributed by atoms with Crippen molar-refractivity contribution in [2.45, 2.75) is 33.1 Å². The van der Waals surface area contributed by atoms with E-state index < -0.39 is 0 Å². The average Bonchev–Trinajstić information content (AvgIpc) is 2.52. The fourth-order valence-electron chi connectivity index (χ4n) is 2.20. The molecule has 0 unspecified atom stereocenters. The SMILES string of the molecule is CCCCNC(=O)COc1ccc2c(CC)cc(=O)oc2c1. The Morgan fingerprint density at radius 2 is 2.09 bits per heavy atom. The molecule has 1 aromatic heterocycles. The number of carbonyl (C=O) groups is 1. The van der Waals surface area contributed by atoms with Crippen LogP contribution in [0.15, 0.2) is 33.5 Å². The first-order chi connectivity index (χ1) is 10.6. The lowest BCUT2D eigenvalue weighted by Gasteiger charge is -2.08. The van der Waals surface area contributed by atoms with Crippen LogP contribution in [0.4, 0.5) is 0 Å². The van der Waals surface area contributed by atoms with Crippen molar-refractivity contribution in [2.75, 3.05) is 13.2 Å². The van der Waals surface area contributed by atoms with Gasteiger partial charge in [-0.05, 0) is 30.5 Å². The highest BCUT2D eigenvalue weighted by Gasteiger charge is 2.07. The van der Waals surface area contributed by atoms with E-state index in [1.54, 1.807) is 12.1 Å². The van der Waals surface area contributed by atoms with Crippen LogP contribution < -0.4 is 15.7 Å². The maximum absolute atomic E-state index is 11.6. The highest BCUT2D eigenvalue weighted by molar-refractivity contribution is 5.82. The first kappa shape index (κ1) is 16.1. The third kappa shape index (κ3) is 4.10. The maximum Gasteiger partial charge on any atom is 0.336 e. The summed E-state index contributed by atoms with van der Waals surface area (Å²) in [7, 11) is 0. The standard InChI is InChI=1S/C17H21NO4/c1-3-5-8-18-16(19)11-21-13-6-7-14-12(4-2)9-17(20)22-15(14)10-13/h6-7,9-10H,3-5,8,11H2,1-2H3,(H,18,19). The number of nitrogens with one attached hydrogen (secondary N) is 1. The normalized spacial score (nSPS) is 10.6. The zero-order chi connectivity index (χ0) is 15.9. The Labute approximate surface area is 129 Å². The molecular weight excluding hydrogens is 282 g/mol. The molecule has 118 valence electrons. The molecule has 0 aliphatic heterocycles. The Morgan fingerprint density at radius 3 is 2.82 bits per heavy atom. The largest absolute Gasteiger partial charge is 0.484 e. The number of hydrogen-bond donors (Lipinski definition) is 1. The van der Waals surface area contributed by atoms with Gasteiger partial charge in [0.05, 0.1) is 0 Å². The number of rotatable bonds is 7. The van der Waals surface area contributed by atoms with Crippen LogP contribution in [-0.2, 0) is 11.2 Å². The van der Waals surface area contributed by atoms with Crippen molar-refractivity contribution >= 4 is 16.9 Å². The number of amides is 1. The van der Waals surface area contributed by atoms with Crippen molar-refractivity contribution in [3.8, 4) is 5.75 Å². The summed E-state index contributed by atoms with van der Waals surface area (Å²) in [6.07, 6.45) is 2.74. The molecule has 0 saturated heterocycles. The van der Waals surface area contributed by atoms with Gasteiger partial charge < -0.3 is 14.5 Å². The number of ether oxygens (including phenoxy) is 1. The van der Waals surface area contributed by atoms with E-state index in [0.717, 1.165) is 30.2 Å². The number of fused-ring (bicyclic) bond motifs is 1. The number of carbonyl (C=O) groups excluding carboxylic acids is 1. The van der Waals surface area contributed by atoms with Gasteiger partial charge in [0.25, 0.3) is 5.91 Å². The monoisotopic (exact) mass is 303 g/mol. The summed E-state index contributed by atoms with van der Waals surface area (Å²) in [5, 5.41) is 3.67. The molecule has 0 aliphatic carbocycles. The maximum atomic E-state index is 11.6. The van der Waals surface area contributed by atoms with Gasteiger partial charge in [0.1, 0.15) is 11.3 Å². The number of unbranched alkanes of at least 4 members (excludes halogenated alkanes) is 1. The van der Waals surface area contributed by atoms with Gasteiger partial charge in [0.15, 0.2) is 6.61 Å². The van der Waals surface area contributed by atoms with Crippen molar-refractivity contribution < 1.29 is 13.9 Å². The van der Waals surface area contributed by atoms with E-state index in [9.17, 15) is 9.59 Å². The zero-order valence-corrected chi connectivity index (χ0v) is 13.0. The second-order valence-electron chi connectivity index (χ2n) is 5.09. The Bertz CT molecular complexity index is 705. The number of hydrogen-bond acceptors (Lipinski definition) is 4. The summed E-state index contributed by atoms with van der Waals surface area (Å²) in [6, 6.07) is 6.78.